The molecule has 0 aliphatic carbocycles. The lowest BCUT2D eigenvalue weighted by molar-refractivity contribution is -0.136. The Labute approximate surface area is 145 Å². The number of carboxylic acids is 1. The number of hydrogen-bond donors (Lipinski definition) is 1. The van der Waals surface area contributed by atoms with E-state index in [1.165, 1.54) is 0 Å². The summed E-state index contributed by atoms with van der Waals surface area (Å²) in [5.74, 6) is -0.818. The van der Waals surface area contributed by atoms with Crippen LogP contribution in [-0.4, -0.2) is 15.6 Å². The maximum atomic E-state index is 11.2. The standard InChI is InChI=1S/C22H17NO2/c24-22(25)14-17-10-7-13-20-19(17)15-21(16-8-3-1-4-9-16)23(20)18-11-5-2-6-12-18/h1-13,15H,14H2,(H,24,25). The second-order valence-electron chi connectivity index (χ2n) is 5.99. The third-order valence-electron chi connectivity index (χ3n) is 4.36. The number of nitrogens with zero attached hydrogens (tertiary/aromatic N) is 1. The molecule has 0 radical (unpaired) electrons. The maximum absolute atomic E-state index is 11.2. The minimum absolute atomic E-state index is 0.0182. The summed E-state index contributed by atoms with van der Waals surface area (Å²) >= 11 is 0. The van der Waals surface area contributed by atoms with Gasteiger partial charge in [-0.1, -0.05) is 60.7 Å². The van der Waals surface area contributed by atoms with Crippen LogP contribution in [0, 0.1) is 0 Å². The molecule has 25 heavy (non-hydrogen) atoms. The van der Waals surface area contributed by atoms with Crippen LogP contribution in [0.2, 0.25) is 0 Å². The lowest BCUT2D eigenvalue weighted by Crippen LogP contribution is -2.00. The molecule has 1 N–H and O–H groups in total. The van der Waals surface area contributed by atoms with Crippen molar-refractivity contribution in [3.05, 3.63) is 90.5 Å². The number of aromatic nitrogens is 1. The maximum Gasteiger partial charge on any atom is 0.307 e. The molecule has 3 nitrogen and oxygen atoms in total. The summed E-state index contributed by atoms with van der Waals surface area (Å²) in [7, 11) is 0. The van der Waals surface area contributed by atoms with E-state index in [9.17, 15) is 9.90 Å². The van der Waals surface area contributed by atoms with Crippen LogP contribution in [0.1, 0.15) is 5.56 Å². The molecule has 0 bridgehead atoms. The highest BCUT2D eigenvalue weighted by Gasteiger charge is 2.15. The molecule has 3 aromatic carbocycles. The topological polar surface area (TPSA) is 42.2 Å². The van der Waals surface area contributed by atoms with Crippen molar-refractivity contribution in [2.45, 2.75) is 6.42 Å². The van der Waals surface area contributed by atoms with Gasteiger partial charge in [0.15, 0.2) is 0 Å². The highest BCUT2D eigenvalue weighted by Crippen LogP contribution is 2.33. The van der Waals surface area contributed by atoms with Crippen LogP contribution in [0.25, 0.3) is 27.8 Å². The van der Waals surface area contributed by atoms with E-state index in [0.29, 0.717) is 0 Å². The SMILES string of the molecule is O=C(O)Cc1cccc2c1cc(-c1ccccc1)n2-c1ccccc1. The number of aliphatic carboxylic acids is 1. The van der Waals surface area contributed by atoms with Crippen molar-refractivity contribution in [3.63, 3.8) is 0 Å². The van der Waals surface area contributed by atoms with Crippen molar-refractivity contribution < 1.29 is 9.90 Å². The molecule has 0 amide bonds. The molecule has 122 valence electrons. The Balaban J connectivity index is 2.04. The van der Waals surface area contributed by atoms with Gasteiger partial charge < -0.3 is 9.67 Å². The van der Waals surface area contributed by atoms with Crippen LogP contribution in [0.5, 0.6) is 0 Å². The normalized spacial score (nSPS) is 10.9. The zero-order valence-electron chi connectivity index (χ0n) is 13.6. The third kappa shape index (κ3) is 2.81. The van der Waals surface area contributed by atoms with Gasteiger partial charge in [0.2, 0.25) is 0 Å². The quantitative estimate of drug-likeness (QED) is 0.578. The highest BCUT2D eigenvalue weighted by atomic mass is 16.4. The first kappa shape index (κ1) is 15.2. The molecule has 0 aliphatic rings. The van der Waals surface area contributed by atoms with E-state index in [1.54, 1.807) is 0 Å². The molecule has 0 spiro atoms. The Bertz CT molecular complexity index is 1030. The zero-order valence-corrected chi connectivity index (χ0v) is 13.6. The van der Waals surface area contributed by atoms with Crippen molar-refractivity contribution in [1.29, 1.82) is 0 Å². The summed E-state index contributed by atoms with van der Waals surface area (Å²) in [6, 6.07) is 28.3. The largest absolute Gasteiger partial charge is 0.481 e. The molecule has 1 heterocycles. The second-order valence-corrected chi connectivity index (χ2v) is 5.99. The van der Waals surface area contributed by atoms with Crippen LogP contribution in [0.15, 0.2) is 84.9 Å². The first-order valence-corrected chi connectivity index (χ1v) is 8.20. The van der Waals surface area contributed by atoms with Gasteiger partial charge in [0.25, 0.3) is 0 Å². The smallest absolute Gasteiger partial charge is 0.307 e. The van der Waals surface area contributed by atoms with Crippen LogP contribution in [0.3, 0.4) is 0 Å². The molecule has 1 aromatic heterocycles. The summed E-state index contributed by atoms with van der Waals surface area (Å²) in [5.41, 5.74) is 5.06. The van der Waals surface area contributed by atoms with E-state index >= 15 is 0 Å². The number of carbonyl (C=O) groups is 1. The fraction of sp³-hybridized carbons (Fsp3) is 0.0455. The van der Waals surface area contributed by atoms with Gasteiger partial charge >= 0.3 is 5.97 Å². The number of fused-ring (bicyclic) bond motifs is 1. The van der Waals surface area contributed by atoms with E-state index in [0.717, 1.165) is 33.4 Å². The first-order chi connectivity index (χ1) is 12.2. The molecule has 0 fully saturated rings. The third-order valence-corrected chi connectivity index (χ3v) is 4.36. The summed E-state index contributed by atoms with van der Waals surface area (Å²) < 4.78 is 2.19. The van der Waals surface area contributed by atoms with E-state index in [2.05, 4.69) is 34.9 Å². The minimum Gasteiger partial charge on any atom is -0.481 e. The van der Waals surface area contributed by atoms with E-state index in [-0.39, 0.29) is 6.42 Å². The molecule has 0 atom stereocenters. The number of para-hydroxylation sites is 1. The predicted octanol–water partition coefficient (Wildman–Crippen LogP) is 4.92. The molecule has 0 unspecified atom stereocenters. The summed E-state index contributed by atoms with van der Waals surface area (Å²) in [4.78, 5) is 11.2. The van der Waals surface area contributed by atoms with Crippen molar-refractivity contribution in [2.24, 2.45) is 0 Å². The lowest BCUT2D eigenvalue weighted by Gasteiger charge is -2.11. The monoisotopic (exact) mass is 327 g/mol. The Morgan fingerprint density at radius 3 is 2.20 bits per heavy atom. The summed E-state index contributed by atoms with van der Waals surface area (Å²) in [6.07, 6.45) is 0.0182. The second kappa shape index (κ2) is 6.29. The molecular weight excluding hydrogens is 310 g/mol. The van der Waals surface area contributed by atoms with Crippen LogP contribution in [-0.2, 0) is 11.2 Å². The van der Waals surface area contributed by atoms with Crippen molar-refractivity contribution in [3.8, 4) is 16.9 Å². The molecule has 4 aromatic rings. The molecule has 0 aliphatic heterocycles. The highest BCUT2D eigenvalue weighted by molar-refractivity contribution is 5.93. The van der Waals surface area contributed by atoms with Gasteiger partial charge in [-0.2, -0.15) is 0 Å². The fourth-order valence-electron chi connectivity index (χ4n) is 3.29. The van der Waals surface area contributed by atoms with Gasteiger partial charge in [-0.25, -0.2) is 0 Å². The summed E-state index contributed by atoms with van der Waals surface area (Å²) in [5, 5.41) is 10.2. The van der Waals surface area contributed by atoms with Gasteiger partial charge in [-0.3, -0.25) is 4.79 Å². The van der Waals surface area contributed by atoms with Crippen LogP contribution >= 0.6 is 0 Å². The van der Waals surface area contributed by atoms with Gasteiger partial charge in [-0.15, -0.1) is 0 Å². The number of rotatable bonds is 4. The Morgan fingerprint density at radius 1 is 0.840 bits per heavy atom. The van der Waals surface area contributed by atoms with Gasteiger partial charge in [0, 0.05) is 11.1 Å². The lowest BCUT2D eigenvalue weighted by atomic mass is 10.1. The first-order valence-electron chi connectivity index (χ1n) is 8.20. The molecule has 0 saturated heterocycles. The van der Waals surface area contributed by atoms with Crippen molar-refractivity contribution >= 4 is 16.9 Å². The van der Waals surface area contributed by atoms with Gasteiger partial charge in [0.1, 0.15) is 0 Å². The van der Waals surface area contributed by atoms with Gasteiger partial charge in [0.05, 0.1) is 17.6 Å². The Morgan fingerprint density at radius 2 is 1.52 bits per heavy atom. The zero-order chi connectivity index (χ0) is 17.2. The van der Waals surface area contributed by atoms with Crippen molar-refractivity contribution in [1.82, 2.24) is 4.57 Å². The predicted molar refractivity (Wildman–Crippen MR) is 100 cm³/mol. The number of benzene rings is 3. The molecule has 4 rings (SSSR count). The van der Waals surface area contributed by atoms with E-state index < -0.39 is 5.97 Å². The number of hydrogen-bond acceptors (Lipinski definition) is 1. The molecule has 0 saturated carbocycles. The van der Waals surface area contributed by atoms with E-state index in [4.69, 9.17) is 0 Å². The average Bonchev–Trinajstić information content (AvgIpc) is 3.03. The summed E-state index contributed by atoms with van der Waals surface area (Å²) in [6.45, 7) is 0. The fourth-order valence-corrected chi connectivity index (χ4v) is 3.29. The minimum atomic E-state index is -0.818. The molecule has 3 heteroatoms. The average molecular weight is 327 g/mol. The Hall–Kier alpha value is -3.33. The van der Waals surface area contributed by atoms with Crippen LogP contribution < -0.4 is 0 Å². The van der Waals surface area contributed by atoms with Crippen LogP contribution in [0.4, 0.5) is 0 Å². The van der Waals surface area contributed by atoms with Crippen molar-refractivity contribution in [2.75, 3.05) is 0 Å². The van der Waals surface area contributed by atoms with Gasteiger partial charge in [-0.05, 0) is 35.4 Å². The molecular formula is C22H17NO2. The van der Waals surface area contributed by atoms with E-state index in [1.807, 2.05) is 54.6 Å². The number of carboxylic acid groups (broad SMARTS) is 1. The Kier molecular flexibility index (Phi) is 3.82.